The first kappa shape index (κ1) is 13.2. The normalized spacial score (nSPS) is 9.93. The maximum Gasteiger partial charge on any atom is 0.250 e. The first-order valence-electron chi connectivity index (χ1n) is 4.98. The maximum absolute atomic E-state index is 11.2. The molecule has 0 radical (unpaired) electrons. The average molecular weight is 206 g/mol. The molecule has 0 aliphatic rings. The van der Waals surface area contributed by atoms with Crippen LogP contribution in [0.5, 0.6) is 0 Å². The standard InChI is InChI=1S/C10H12N2O.C2H6/c1-8(11)7-10(13)12-9-5-3-2-4-6-9;1-2/h2-7H,11H2,1H3,(H,12,13);1-2H3/b8-7-;. The summed E-state index contributed by atoms with van der Waals surface area (Å²) >= 11 is 0. The molecule has 0 aliphatic carbocycles. The van der Waals surface area contributed by atoms with Gasteiger partial charge in [-0.05, 0) is 19.1 Å². The second kappa shape index (κ2) is 7.62. The third-order valence-corrected chi connectivity index (χ3v) is 1.40. The van der Waals surface area contributed by atoms with Crippen LogP contribution < -0.4 is 11.1 Å². The van der Waals surface area contributed by atoms with Crippen molar-refractivity contribution in [2.24, 2.45) is 5.73 Å². The molecule has 3 nitrogen and oxygen atoms in total. The Hall–Kier alpha value is -1.77. The van der Waals surface area contributed by atoms with Crippen LogP contribution in [0.2, 0.25) is 0 Å². The highest BCUT2D eigenvalue weighted by molar-refractivity contribution is 5.99. The van der Waals surface area contributed by atoms with Crippen LogP contribution >= 0.6 is 0 Å². The molecule has 0 aliphatic heterocycles. The summed E-state index contributed by atoms with van der Waals surface area (Å²) in [6.45, 7) is 5.67. The van der Waals surface area contributed by atoms with Gasteiger partial charge in [0.15, 0.2) is 0 Å². The fourth-order valence-corrected chi connectivity index (χ4v) is 0.907. The van der Waals surface area contributed by atoms with Gasteiger partial charge in [-0.25, -0.2) is 0 Å². The lowest BCUT2D eigenvalue weighted by atomic mass is 10.3. The summed E-state index contributed by atoms with van der Waals surface area (Å²) < 4.78 is 0. The van der Waals surface area contributed by atoms with E-state index in [-0.39, 0.29) is 5.91 Å². The van der Waals surface area contributed by atoms with Crippen LogP contribution in [0.3, 0.4) is 0 Å². The lowest BCUT2D eigenvalue weighted by molar-refractivity contribution is -0.111. The Morgan fingerprint density at radius 2 is 1.80 bits per heavy atom. The molecule has 1 aromatic rings. The summed E-state index contributed by atoms with van der Waals surface area (Å²) in [5, 5.41) is 2.68. The van der Waals surface area contributed by atoms with E-state index in [1.165, 1.54) is 6.08 Å². The number of nitrogens with two attached hydrogens (primary N) is 1. The number of para-hydroxylation sites is 1. The molecule has 3 N–H and O–H groups in total. The van der Waals surface area contributed by atoms with E-state index in [0.717, 1.165) is 5.69 Å². The lowest BCUT2D eigenvalue weighted by Crippen LogP contribution is -2.10. The van der Waals surface area contributed by atoms with Crippen molar-refractivity contribution in [3.05, 3.63) is 42.1 Å². The molecule has 0 unspecified atom stereocenters. The highest BCUT2D eigenvalue weighted by Gasteiger charge is 1.96. The van der Waals surface area contributed by atoms with E-state index >= 15 is 0 Å². The van der Waals surface area contributed by atoms with Crippen molar-refractivity contribution < 1.29 is 4.79 Å². The van der Waals surface area contributed by atoms with Crippen molar-refractivity contribution >= 4 is 11.6 Å². The molecule has 1 amide bonds. The van der Waals surface area contributed by atoms with E-state index in [4.69, 9.17) is 5.73 Å². The largest absolute Gasteiger partial charge is 0.402 e. The minimum absolute atomic E-state index is 0.203. The first-order chi connectivity index (χ1) is 7.18. The molecule has 15 heavy (non-hydrogen) atoms. The van der Waals surface area contributed by atoms with Crippen LogP contribution in [0.15, 0.2) is 42.1 Å². The molecule has 3 heteroatoms. The lowest BCUT2D eigenvalue weighted by Gasteiger charge is -2.00. The monoisotopic (exact) mass is 206 g/mol. The van der Waals surface area contributed by atoms with Gasteiger partial charge in [-0.15, -0.1) is 0 Å². The summed E-state index contributed by atoms with van der Waals surface area (Å²) in [6, 6.07) is 9.23. The Kier molecular flexibility index (Phi) is 6.72. The fourth-order valence-electron chi connectivity index (χ4n) is 0.907. The number of benzene rings is 1. The zero-order valence-corrected chi connectivity index (χ0v) is 9.45. The van der Waals surface area contributed by atoms with Crippen LogP contribution in [0.1, 0.15) is 20.8 Å². The topological polar surface area (TPSA) is 55.1 Å². The number of carbonyl (C=O) groups excluding carboxylic acids is 1. The number of carbonyl (C=O) groups is 1. The maximum atomic E-state index is 11.2. The van der Waals surface area contributed by atoms with Crippen molar-refractivity contribution in [2.45, 2.75) is 20.8 Å². The smallest absolute Gasteiger partial charge is 0.250 e. The molecule has 1 rings (SSSR count). The Labute approximate surface area is 91.0 Å². The van der Waals surface area contributed by atoms with Crippen molar-refractivity contribution in [3.8, 4) is 0 Å². The fraction of sp³-hybridized carbons (Fsp3) is 0.250. The van der Waals surface area contributed by atoms with E-state index in [1.807, 2.05) is 44.2 Å². The summed E-state index contributed by atoms with van der Waals surface area (Å²) in [7, 11) is 0. The quantitative estimate of drug-likeness (QED) is 0.730. The van der Waals surface area contributed by atoms with Gasteiger partial charge in [0.05, 0.1) is 0 Å². The molecule has 0 spiro atoms. The zero-order valence-electron chi connectivity index (χ0n) is 9.45. The van der Waals surface area contributed by atoms with Gasteiger partial charge in [-0.3, -0.25) is 4.79 Å². The Morgan fingerprint density at radius 1 is 1.27 bits per heavy atom. The number of allylic oxidation sites excluding steroid dienone is 1. The van der Waals surface area contributed by atoms with Crippen LogP contribution in [0.25, 0.3) is 0 Å². The van der Waals surface area contributed by atoms with Crippen LogP contribution in [0.4, 0.5) is 5.69 Å². The van der Waals surface area contributed by atoms with E-state index in [2.05, 4.69) is 5.32 Å². The van der Waals surface area contributed by atoms with Crippen molar-refractivity contribution in [2.75, 3.05) is 5.32 Å². The van der Waals surface area contributed by atoms with E-state index in [9.17, 15) is 4.79 Å². The van der Waals surface area contributed by atoms with Crippen LogP contribution in [0, 0.1) is 0 Å². The van der Waals surface area contributed by atoms with Gasteiger partial charge < -0.3 is 11.1 Å². The highest BCUT2D eigenvalue weighted by Crippen LogP contribution is 2.04. The molecule has 1 aromatic carbocycles. The van der Waals surface area contributed by atoms with E-state index in [1.54, 1.807) is 6.92 Å². The van der Waals surface area contributed by atoms with Crippen molar-refractivity contribution in [1.82, 2.24) is 0 Å². The van der Waals surface area contributed by atoms with Gasteiger partial charge in [0.1, 0.15) is 0 Å². The second-order valence-corrected chi connectivity index (χ2v) is 2.74. The van der Waals surface area contributed by atoms with E-state index in [0.29, 0.717) is 5.70 Å². The third-order valence-electron chi connectivity index (χ3n) is 1.40. The van der Waals surface area contributed by atoms with Crippen molar-refractivity contribution in [3.63, 3.8) is 0 Å². The van der Waals surface area contributed by atoms with Crippen molar-refractivity contribution in [1.29, 1.82) is 0 Å². The van der Waals surface area contributed by atoms with Gasteiger partial charge in [0.25, 0.3) is 0 Å². The molecule has 0 heterocycles. The Bertz CT molecular complexity index is 314. The molecule has 0 bridgehead atoms. The van der Waals surface area contributed by atoms with Gasteiger partial charge in [0, 0.05) is 17.5 Å². The molecule has 82 valence electrons. The molecule has 0 atom stereocenters. The molecule has 0 fully saturated rings. The van der Waals surface area contributed by atoms with E-state index < -0.39 is 0 Å². The third kappa shape index (κ3) is 6.32. The number of amides is 1. The van der Waals surface area contributed by atoms with Gasteiger partial charge in [0.2, 0.25) is 5.91 Å². The summed E-state index contributed by atoms with van der Waals surface area (Å²) in [6.07, 6.45) is 1.35. The summed E-state index contributed by atoms with van der Waals surface area (Å²) in [5.74, 6) is -0.203. The molecular weight excluding hydrogens is 188 g/mol. The highest BCUT2D eigenvalue weighted by atomic mass is 16.1. The minimum atomic E-state index is -0.203. The number of hydrogen-bond donors (Lipinski definition) is 2. The van der Waals surface area contributed by atoms with Crippen LogP contribution in [-0.4, -0.2) is 5.91 Å². The summed E-state index contributed by atoms with van der Waals surface area (Å²) in [5.41, 5.74) is 6.61. The zero-order chi connectivity index (χ0) is 11.7. The molecule has 0 saturated carbocycles. The first-order valence-corrected chi connectivity index (χ1v) is 4.98. The Balaban J connectivity index is 0.000000921. The minimum Gasteiger partial charge on any atom is -0.402 e. The summed E-state index contributed by atoms with van der Waals surface area (Å²) in [4.78, 5) is 11.2. The predicted octanol–water partition coefficient (Wildman–Crippen LogP) is 2.51. The number of rotatable bonds is 2. The van der Waals surface area contributed by atoms with Crippen LogP contribution in [-0.2, 0) is 4.79 Å². The number of hydrogen-bond acceptors (Lipinski definition) is 2. The molecule has 0 aromatic heterocycles. The molecule has 0 saturated heterocycles. The molecular formula is C12H18N2O. The van der Waals surface area contributed by atoms with Gasteiger partial charge in [-0.1, -0.05) is 32.0 Å². The van der Waals surface area contributed by atoms with Gasteiger partial charge in [-0.2, -0.15) is 0 Å². The SMILES string of the molecule is C/C(N)=C/C(=O)Nc1ccccc1.CC. The predicted molar refractivity (Wildman–Crippen MR) is 64.4 cm³/mol. The number of anilines is 1. The van der Waals surface area contributed by atoms with Gasteiger partial charge >= 0.3 is 0 Å². The Morgan fingerprint density at radius 3 is 2.27 bits per heavy atom. The average Bonchev–Trinajstić information content (AvgIpc) is 2.21. The second-order valence-electron chi connectivity index (χ2n) is 2.74. The number of nitrogens with one attached hydrogen (secondary N) is 1.